The first-order chi connectivity index (χ1) is 14.7. The molecule has 1 aliphatic rings. The van der Waals surface area contributed by atoms with E-state index in [9.17, 15) is 4.79 Å². The van der Waals surface area contributed by atoms with Gasteiger partial charge >= 0.3 is 0 Å². The molecular weight excluding hydrogens is 396 g/mol. The molecule has 1 fully saturated rings. The molecule has 2 N–H and O–H groups in total. The normalized spacial score (nSPS) is 16.4. The predicted octanol–water partition coefficient (Wildman–Crippen LogP) is 3.47. The molecule has 0 spiro atoms. The number of carbonyl (C=O) groups excluding carboxylic acids is 1. The van der Waals surface area contributed by atoms with Crippen molar-refractivity contribution in [1.82, 2.24) is 24.5 Å². The molecule has 0 aromatic carbocycles. The van der Waals surface area contributed by atoms with Gasteiger partial charge in [0, 0.05) is 30.5 Å². The Morgan fingerprint density at radius 3 is 3.03 bits per heavy atom. The minimum Gasteiger partial charge on any atom is -0.336 e. The smallest absolute Gasteiger partial charge is 0.254 e. The number of nitrogens with two attached hydrogens (primary N) is 1. The van der Waals surface area contributed by atoms with Gasteiger partial charge in [-0.05, 0) is 55.5 Å². The summed E-state index contributed by atoms with van der Waals surface area (Å²) in [4.78, 5) is 25.5. The standard InChI is InChI=1S/C22H22N6OS/c23-8-5-16-3-1-10-27(16)22(29)15-6-9-24-19(13-15)17-14-25-28-11-7-18(26-21(17)28)20-4-2-12-30-20/h2,4,6-7,9,11-14,16H,1,3,5,8,10,23H2/t16-/m1/s1. The van der Waals surface area contributed by atoms with Gasteiger partial charge in [0.2, 0.25) is 0 Å². The molecule has 7 nitrogen and oxygen atoms in total. The number of rotatable bonds is 5. The Labute approximate surface area is 178 Å². The van der Waals surface area contributed by atoms with Gasteiger partial charge in [0.15, 0.2) is 5.65 Å². The van der Waals surface area contributed by atoms with Crippen molar-refractivity contribution >= 4 is 22.9 Å². The Morgan fingerprint density at radius 1 is 1.27 bits per heavy atom. The highest BCUT2D eigenvalue weighted by atomic mass is 32.1. The van der Waals surface area contributed by atoms with Gasteiger partial charge in [-0.2, -0.15) is 5.10 Å². The summed E-state index contributed by atoms with van der Waals surface area (Å²) >= 11 is 1.65. The molecule has 0 radical (unpaired) electrons. The maximum Gasteiger partial charge on any atom is 0.254 e. The SMILES string of the molecule is NCC[C@H]1CCCN1C(=O)c1ccnc(-c2cnn3ccc(-c4cccs4)nc23)c1. The van der Waals surface area contributed by atoms with E-state index in [0.717, 1.165) is 47.6 Å². The molecule has 4 aromatic rings. The second kappa shape index (κ2) is 7.97. The minimum atomic E-state index is 0.0401. The number of hydrogen-bond donors (Lipinski definition) is 1. The maximum absolute atomic E-state index is 13.1. The highest BCUT2D eigenvalue weighted by Crippen LogP contribution is 2.28. The zero-order chi connectivity index (χ0) is 20.5. The van der Waals surface area contributed by atoms with Crippen LogP contribution >= 0.6 is 11.3 Å². The van der Waals surface area contributed by atoms with Crippen LogP contribution in [0.3, 0.4) is 0 Å². The zero-order valence-electron chi connectivity index (χ0n) is 16.4. The fourth-order valence-corrected chi connectivity index (χ4v) is 4.78. The van der Waals surface area contributed by atoms with E-state index in [0.29, 0.717) is 17.8 Å². The van der Waals surface area contributed by atoms with Gasteiger partial charge in [-0.3, -0.25) is 9.78 Å². The Balaban J connectivity index is 1.50. The number of hydrogen-bond acceptors (Lipinski definition) is 6. The molecule has 152 valence electrons. The van der Waals surface area contributed by atoms with E-state index in [1.165, 1.54) is 0 Å². The monoisotopic (exact) mass is 418 g/mol. The van der Waals surface area contributed by atoms with Crippen LogP contribution in [0.25, 0.3) is 27.5 Å². The topological polar surface area (TPSA) is 89.4 Å². The van der Waals surface area contributed by atoms with E-state index in [4.69, 9.17) is 10.7 Å². The molecule has 5 rings (SSSR count). The number of fused-ring (bicyclic) bond motifs is 1. The lowest BCUT2D eigenvalue weighted by atomic mass is 10.1. The minimum absolute atomic E-state index is 0.0401. The first-order valence-corrected chi connectivity index (χ1v) is 11.0. The molecule has 1 aliphatic heterocycles. The van der Waals surface area contributed by atoms with Crippen molar-refractivity contribution in [2.75, 3.05) is 13.1 Å². The van der Waals surface area contributed by atoms with E-state index in [-0.39, 0.29) is 11.9 Å². The molecule has 1 saturated heterocycles. The number of pyridine rings is 1. The van der Waals surface area contributed by atoms with Gasteiger partial charge in [-0.1, -0.05) is 6.07 Å². The summed E-state index contributed by atoms with van der Waals surface area (Å²) in [5, 5.41) is 6.45. The quantitative estimate of drug-likeness (QED) is 0.536. The lowest BCUT2D eigenvalue weighted by Crippen LogP contribution is -2.36. The van der Waals surface area contributed by atoms with Crippen LogP contribution in [0.1, 0.15) is 29.6 Å². The molecule has 0 aliphatic carbocycles. The predicted molar refractivity (Wildman–Crippen MR) is 117 cm³/mol. The van der Waals surface area contributed by atoms with Crippen LogP contribution in [0.15, 0.2) is 54.3 Å². The van der Waals surface area contributed by atoms with E-state index in [2.05, 4.69) is 10.1 Å². The third kappa shape index (κ3) is 3.38. The number of likely N-dealkylation sites (tertiary alicyclic amines) is 1. The number of thiophene rings is 1. The molecule has 0 unspecified atom stereocenters. The van der Waals surface area contributed by atoms with E-state index < -0.39 is 0 Å². The van der Waals surface area contributed by atoms with Crippen LogP contribution < -0.4 is 5.73 Å². The Bertz CT molecular complexity index is 1190. The summed E-state index contributed by atoms with van der Waals surface area (Å²) in [5.74, 6) is 0.0401. The van der Waals surface area contributed by atoms with E-state index in [1.807, 2.05) is 40.7 Å². The molecule has 0 saturated carbocycles. The van der Waals surface area contributed by atoms with Crippen LogP contribution in [-0.4, -0.2) is 49.5 Å². The van der Waals surface area contributed by atoms with Crippen molar-refractivity contribution in [2.45, 2.75) is 25.3 Å². The molecule has 1 amide bonds. The molecule has 5 heterocycles. The molecule has 30 heavy (non-hydrogen) atoms. The Morgan fingerprint density at radius 2 is 2.20 bits per heavy atom. The van der Waals surface area contributed by atoms with Gasteiger partial charge in [0.1, 0.15) is 0 Å². The van der Waals surface area contributed by atoms with Gasteiger partial charge in [0.25, 0.3) is 5.91 Å². The van der Waals surface area contributed by atoms with Gasteiger partial charge < -0.3 is 10.6 Å². The van der Waals surface area contributed by atoms with Crippen molar-refractivity contribution in [3.63, 3.8) is 0 Å². The van der Waals surface area contributed by atoms with Crippen LogP contribution in [0.4, 0.5) is 0 Å². The number of amides is 1. The Kier molecular flexibility index (Phi) is 5.02. The van der Waals surface area contributed by atoms with Crippen molar-refractivity contribution in [2.24, 2.45) is 5.73 Å². The largest absolute Gasteiger partial charge is 0.336 e. The number of aromatic nitrogens is 4. The van der Waals surface area contributed by atoms with Gasteiger partial charge in [-0.15, -0.1) is 11.3 Å². The van der Waals surface area contributed by atoms with Gasteiger partial charge in [0.05, 0.1) is 28.0 Å². The summed E-state index contributed by atoms with van der Waals surface area (Å²) < 4.78 is 1.74. The fourth-order valence-electron chi connectivity index (χ4n) is 4.08. The Hall–Kier alpha value is -3.10. The van der Waals surface area contributed by atoms with Crippen molar-refractivity contribution in [1.29, 1.82) is 0 Å². The van der Waals surface area contributed by atoms with E-state index in [1.54, 1.807) is 34.3 Å². The van der Waals surface area contributed by atoms with E-state index >= 15 is 0 Å². The first kappa shape index (κ1) is 18.9. The summed E-state index contributed by atoms with van der Waals surface area (Å²) in [7, 11) is 0. The summed E-state index contributed by atoms with van der Waals surface area (Å²) in [6.07, 6.45) is 8.22. The number of nitrogens with zero attached hydrogens (tertiary/aromatic N) is 5. The van der Waals surface area contributed by atoms with Crippen LogP contribution in [0.5, 0.6) is 0 Å². The van der Waals surface area contributed by atoms with Crippen molar-refractivity contribution in [3.8, 4) is 21.8 Å². The molecular formula is C22H22N6OS. The van der Waals surface area contributed by atoms with Crippen LogP contribution in [0, 0.1) is 0 Å². The average molecular weight is 419 g/mol. The molecule has 1 atom stereocenters. The lowest BCUT2D eigenvalue weighted by molar-refractivity contribution is 0.0732. The summed E-state index contributed by atoms with van der Waals surface area (Å²) in [6.45, 7) is 1.38. The lowest BCUT2D eigenvalue weighted by Gasteiger charge is -2.24. The highest BCUT2D eigenvalue weighted by molar-refractivity contribution is 7.13. The third-order valence-electron chi connectivity index (χ3n) is 5.56. The maximum atomic E-state index is 13.1. The molecule has 8 heteroatoms. The van der Waals surface area contributed by atoms with Crippen molar-refractivity contribution < 1.29 is 4.79 Å². The number of carbonyl (C=O) groups is 1. The second-order valence-electron chi connectivity index (χ2n) is 7.42. The third-order valence-corrected chi connectivity index (χ3v) is 6.46. The zero-order valence-corrected chi connectivity index (χ0v) is 17.3. The molecule has 4 aromatic heterocycles. The average Bonchev–Trinajstić information content (AvgIpc) is 3.53. The van der Waals surface area contributed by atoms with Crippen LogP contribution in [0.2, 0.25) is 0 Å². The summed E-state index contributed by atoms with van der Waals surface area (Å²) in [5.41, 5.74) is 9.49. The van der Waals surface area contributed by atoms with Gasteiger partial charge in [-0.25, -0.2) is 9.50 Å². The fraction of sp³-hybridized carbons (Fsp3) is 0.273. The van der Waals surface area contributed by atoms with Crippen LogP contribution in [-0.2, 0) is 0 Å². The molecule has 0 bridgehead atoms. The summed E-state index contributed by atoms with van der Waals surface area (Å²) in [6, 6.07) is 9.86. The highest BCUT2D eigenvalue weighted by Gasteiger charge is 2.29. The van der Waals surface area contributed by atoms with Crippen molar-refractivity contribution in [3.05, 3.63) is 59.9 Å². The first-order valence-electron chi connectivity index (χ1n) is 10.1. The second-order valence-corrected chi connectivity index (χ2v) is 8.37.